The summed E-state index contributed by atoms with van der Waals surface area (Å²) in [5, 5.41) is 2.77. The Hall–Kier alpha value is -3.55. The minimum atomic E-state index is -0.566. The second kappa shape index (κ2) is 10.5. The Kier molecular flexibility index (Phi) is 8.01. The zero-order valence-electron chi connectivity index (χ0n) is 18.3. The van der Waals surface area contributed by atoms with Crippen molar-refractivity contribution in [1.29, 1.82) is 0 Å². The third-order valence-corrected chi connectivity index (χ3v) is 4.01. The molecular formula is C23H29N3O5. The molecule has 0 radical (unpaired) electrons. The van der Waals surface area contributed by atoms with Gasteiger partial charge in [-0.2, -0.15) is 0 Å². The minimum absolute atomic E-state index is 0.153. The summed E-state index contributed by atoms with van der Waals surface area (Å²) in [4.78, 5) is 36.7. The molecule has 0 spiro atoms. The van der Waals surface area contributed by atoms with E-state index in [4.69, 9.17) is 15.2 Å². The van der Waals surface area contributed by atoms with Crippen molar-refractivity contribution in [3.8, 4) is 5.75 Å². The fourth-order valence-electron chi connectivity index (χ4n) is 2.68. The summed E-state index contributed by atoms with van der Waals surface area (Å²) >= 11 is 0. The number of primary amides is 1. The van der Waals surface area contributed by atoms with Gasteiger partial charge in [-0.1, -0.05) is 24.3 Å². The van der Waals surface area contributed by atoms with Crippen molar-refractivity contribution >= 4 is 23.6 Å². The predicted molar refractivity (Wildman–Crippen MR) is 118 cm³/mol. The standard InChI is InChI=1S/C23H29N3O5/c1-23(2,3)31-22(29)26(4)14-17-6-5-7-18(12-17)25-21(28)15-30-19-10-8-16(9-11-19)13-20(24)27/h5-12H,13-15H2,1-4H3,(H2,24,27)(H,25,28). The highest BCUT2D eigenvalue weighted by molar-refractivity contribution is 5.92. The van der Waals surface area contributed by atoms with E-state index in [2.05, 4.69) is 5.32 Å². The molecule has 0 unspecified atom stereocenters. The Balaban J connectivity index is 1.86. The molecule has 0 atom stereocenters. The van der Waals surface area contributed by atoms with Gasteiger partial charge in [0.25, 0.3) is 5.91 Å². The zero-order chi connectivity index (χ0) is 23.0. The first-order valence-corrected chi connectivity index (χ1v) is 9.85. The van der Waals surface area contributed by atoms with E-state index >= 15 is 0 Å². The lowest BCUT2D eigenvalue weighted by molar-refractivity contribution is -0.118. The minimum Gasteiger partial charge on any atom is -0.484 e. The van der Waals surface area contributed by atoms with Gasteiger partial charge in [0.15, 0.2) is 6.61 Å². The number of carbonyl (C=O) groups excluding carboxylic acids is 3. The Labute approximate surface area is 182 Å². The molecular weight excluding hydrogens is 398 g/mol. The van der Waals surface area contributed by atoms with E-state index < -0.39 is 17.6 Å². The van der Waals surface area contributed by atoms with Crippen LogP contribution in [0.15, 0.2) is 48.5 Å². The van der Waals surface area contributed by atoms with Crippen molar-refractivity contribution in [2.45, 2.75) is 39.3 Å². The lowest BCUT2D eigenvalue weighted by Crippen LogP contribution is -2.33. The lowest BCUT2D eigenvalue weighted by atomic mass is 10.1. The van der Waals surface area contributed by atoms with E-state index in [1.54, 1.807) is 49.5 Å². The molecule has 0 aromatic heterocycles. The maximum absolute atomic E-state index is 12.2. The van der Waals surface area contributed by atoms with Gasteiger partial charge in [0.2, 0.25) is 5.91 Å². The van der Waals surface area contributed by atoms with E-state index in [1.165, 1.54) is 4.90 Å². The summed E-state index contributed by atoms with van der Waals surface area (Å²) in [5.41, 5.74) is 6.81. The van der Waals surface area contributed by atoms with E-state index in [9.17, 15) is 14.4 Å². The molecule has 3 amide bonds. The van der Waals surface area contributed by atoms with Crippen LogP contribution in [0, 0.1) is 0 Å². The molecule has 166 valence electrons. The Morgan fingerprint density at radius 1 is 1.03 bits per heavy atom. The average Bonchev–Trinajstić information content (AvgIpc) is 2.66. The van der Waals surface area contributed by atoms with Crippen LogP contribution in [0.1, 0.15) is 31.9 Å². The van der Waals surface area contributed by atoms with Crippen LogP contribution in [0.2, 0.25) is 0 Å². The van der Waals surface area contributed by atoms with Crippen LogP contribution >= 0.6 is 0 Å². The third-order valence-electron chi connectivity index (χ3n) is 4.01. The van der Waals surface area contributed by atoms with Crippen molar-refractivity contribution in [2.24, 2.45) is 5.73 Å². The molecule has 31 heavy (non-hydrogen) atoms. The topological polar surface area (TPSA) is 111 Å². The van der Waals surface area contributed by atoms with Crippen LogP contribution in [0.25, 0.3) is 0 Å². The van der Waals surface area contributed by atoms with Crippen LogP contribution in [0.4, 0.5) is 10.5 Å². The highest BCUT2D eigenvalue weighted by Crippen LogP contribution is 2.16. The monoisotopic (exact) mass is 427 g/mol. The van der Waals surface area contributed by atoms with Crippen LogP contribution in [-0.4, -0.2) is 42.1 Å². The van der Waals surface area contributed by atoms with Gasteiger partial charge in [-0.3, -0.25) is 9.59 Å². The molecule has 0 fully saturated rings. The number of nitrogens with two attached hydrogens (primary N) is 1. The molecule has 3 N–H and O–H groups in total. The maximum atomic E-state index is 12.2. The number of anilines is 1. The number of rotatable bonds is 8. The van der Waals surface area contributed by atoms with Crippen LogP contribution in [0.5, 0.6) is 5.75 Å². The first-order valence-electron chi connectivity index (χ1n) is 9.85. The fourth-order valence-corrected chi connectivity index (χ4v) is 2.68. The van der Waals surface area contributed by atoms with Gasteiger partial charge in [-0.25, -0.2) is 4.79 Å². The van der Waals surface area contributed by atoms with Crippen LogP contribution in [0.3, 0.4) is 0 Å². The SMILES string of the molecule is CN(Cc1cccc(NC(=O)COc2ccc(CC(N)=O)cc2)c1)C(=O)OC(C)(C)C. The molecule has 0 aliphatic heterocycles. The summed E-state index contributed by atoms with van der Waals surface area (Å²) in [5.74, 6) is -0.220. The summed E-state index contributed by atoms with van der Waals surface area (Å²) in [6, 6.07) is 14.0. The van der Waals surface area contributed by atoms with Crippen molar-refractivity contribution < 1.29 is 23.9 Å². The Morgan fingerprint density at radius 3 is 2.32 bits per heavy atom. The number of amides is 3. The van der Waals surface area contributed by atoms with E-state index in [0.717, 1.165) is 11.1 Å². The predicted octanol–water partition coefficient (Wildman–Crippen LogP) is 3.10. The van der Waals surface area contributed by atoms with Gasteiger partial charge in [0.05, 0.1) is 6.42 Å². The summed E-state index contributed by atoms with van der Waals surface area (Å²) in [7, 11) is 1.65. The first-order chi connectivity index (χ1) is 14.5. The molecule has 8 nitrogen and oxygen atoms in total. The first kappa shape index (κ1) is 23.7. The molecule has 0 heterocycles. The number of hydrogen-bond acceptors (Lipinski definition) is 5. The largest absolute Gasteiger partial charge is 0.484 e. The summed E-state index contributed by atoms with van der Waals surface area (Å²) in [6.45, 7) is 5.61. The molecule has 2 aromatic rings. The van der Waals surface area contributed by atoms with Gasteiger partial charge in [0.1, 0.15) is 11.4 Å². The van der Waals surface area contributed by atoms with Crippen molar-refractivity contribution in [2.75, 3.05) is 19.0 Å². The number of nitrogens with zero attached hydrogens (tertiary/aromatic N) is 1. The second-order valence-electron chi connectivity index (χ2n) is 8.16. The van der Waals surface area contributed by atoms with Gasteiger partial charge >= 0.3 is 6.09 Å². The van der Waals surface area contributed by atoms with Crippen LogP contribution in [-0.2, 0) is 27.3 Å². The van der Waals surface area contributed by atoms with Gasteiger partial charge in [0, 0.05) is 19.3 Å². The number of carbonyl (C=O) groups is 3. The van der Waals surface area contributed by atoms with Crippen molar-refractivity contribution in [3.05, 3.63) is 59.7 Å². The summed E-state index contributed by atoms with van der Waals surface area (Å²) in [6.07, 6.45) is -0.266. The van der Waals surface area contributed by atoms with Crippen molar-refractivity contribution in [1.82, 2.24) is 4.90 Å². The molecule has 2 aromatic carbocycles. The van der Waals surface area contributed by atoms with Gasteiger partial charge in [-0.15, -0.1) is 0 Å². The average molecular weight is 428 g/mol. The number of benzene rings is 2. The number of hydrogen-bond donors (Lipinski definition) is 2. The molecule has 0 aliphatic carbocycles. The molecule has 0 saturated carbocycles. The van der Waals surface area contributed by atoms with Gasteiger partial charge < -0.3 is 25.4 Å². The highest BCUT2D eigenvalue weighted by atomic mass is 16.6. The highest BCUT2D eigenvalue weighted by Gasteiger charge is 2.19. The second-order valence-corrected chi connectivity index (χ2v) is 8.16. The normalized spacial score (nSPS) is 10.8. The molecule has 0 bridgehead atoms. The Morgan fingerprint density at radius 2 is 1.71 bits per heavy atom. The molecule has 0 aliphatic rings. The number of ether oxygens (including phenoxy) is 2. The van der Waals surface area contributed by atoms with E-state index in [1.807, 2.05) is 26.8 Å². The Bertz CT molecular complexity index is 920. The molecule has 0 saturated heterocycles. The van der Waals surface area contributed by atoms with Gasteiger partial charge in [-0.05, 0) is 56.2 Å². The van der Waals surface area contributed by atoms with E-state index in [0.29, 0.717) is 18.0 Å². The lowest BCUT2D eigenvalue weighted by Gasteiger charge is -2.24. The smallest absolute Gasteiger partial charge is 0.410 e. The molecule has 2 rings (SSSR count). The molecule has 8 heteroatoms. The van der Waals surface area contributed by atoms with Crippen LogP contribution < -0.4 is 15.8 Å². The third kappa shape index (κ3) is 8.77. The van der Waals surface area contributed by atoms with Crippen molar-refractivity contribution in [3.63, 3.8) is 0 Å². The van der Waals surface area contributed by atoms with E-state index in [-0.39, 0.29) is 18.9 Å². The summed E-state index contributed by atoms with van der Waals surface area (Å²) < 4.78 is 10.8. The fraction of sp³-hybridized carbons (Fsp3) is 0.348. The zero-order valence-corrected chi connectivity index (χ0v) is 18.3. The number of nitrogens with one attached hydrogen (secondary N) is 1. The quantitative estimate of drug-likeness (QED) is 0.672. The maximum Gasteiger partial charge on any atom is 0.410 e.